The summed E-state index contributed by atoms with van der Waals surface area (Å²) in [6, 6.07) is 8.82. The Bertz CT molecular complexity index is 768. The van der Waals surface area contributed by atoms with E-state index < -0.39 is 12.1 Å². The van der Waals surface area contributed by atoms with Crippen molar-refractivity contribution in [2.45, 2.75) is 19.6 Å². The van der Waals surface area contributed by atoms with Crippen molar-refractivity contribution >= 4 is 11.9 Å². The second-order valence-electron chi connectivity index (χ2n) is 5.46. The Balaban J connectivity index is 1.53. The van der Waals surface area contributed by atoms with Gasteiger partial charge in [-0.05, 0) is 36.8 Å². The van der Waals surface area contributed by atoms with Crippen LogP contribution in [0.1, 0.15) is 23.0 Å². The minimum Gasteiger partial charge on any atom is -0.454 e. The highest BCUT2D eigenvalue weighted by Gasteiger charge is 2.20. The first-order valence-electron chi connectivity index (χ1n) is 7.53. The summed E-state index contributed by atoms with van der Waals surface area (Å²) >= 11 is 0. The average molecular weight is 330 g/mol. The molecule has 7 nitrogen and oxygen atoms in total. The van der Waals surface area contributed by atoms with Crippen LogP contribution in [-0.2, 0) is 23.1 Å². The van der Waals surface area contributed by atoms with Crippen molar-refractivity contribution in [2.24, 2.45) is 7.05 Å². The summed E-state index contributed by atoms with van der Waals surface area (Å²) in [5.74, 6) is 0.448. The number of aromatic nitrogens is 1. The predicted molar refractivity (Wildman–Crippen MR) is 84.7 cm³/mol. The lowest BCUT2D eigenvalue weighted by atomic mass is 10.2. The van der Waals surface area contributed by atoms with E-state index in [2.05, 4.69) is 5.32 Å². The number of esters is 1. The average Bonchev–Trinajstić information content (AvgIpc) is 3.20. The van der Waals surface area contributed by atoms with Crippen LogP contribution in [0.3, 0.4) is 0 Å². The van der Waals surface area contributed by atoms with E-state index in [1.54, 1.807) is 36.0 Å². The van der Waals surface area contributed by atoms with Gasteiger partial charge in [0.1, 0.15) is 5.69 Å². The molecule has 0 unspecified atom stereocenters. The number of nitrogens with one attached hydrogen (secondary N) is 1. The second-order valence-corrected chi connectivity index (χ2v) is 5.46. The quantitative estimate of drug-likeness (QED) is 0.843. The third-order valence-electron chi connectivity index (χ3n) is 3.71. The van der Waals surface area contributed by atoms with Crippen molar-refractivity contribution in [1.29, 1.82) is 0 Å². The molecule has 2 aromatic rings. The van der Waals surface area contributed by atoms with Crippen LogP contribution in [0.5, 0.6) is 11.5 Å². The molecule has 1 aliphatic heterocycles. The summed E-state index contributed by atoms with van der Waals surface area (Å²) < 4.78 is 17.4. The van der Waals surface area contributed by atoms with Gasteiger partial charge in [-0.25, -0.2) is 4.79 Å². The fraction of sp³-hybridized carbons (Fsp3) is 0.294. The van der Waals surface area contributed by atoms with Crippen LogP contribution in [-0.4, -0.2) is 29.3 Å². The first kappa shape index (κ1) is 15.9. The number of benzene rings is 1. The second kappa shape index (κ2) is 6.66. The molecule has 0 aliphatic carbocycles. The number of carbonyl (C=O) groups excluding carboxylic acids is 2. The van der Waals surface area contributed by atoms with Crippen molar-refractivity contribution in [2.75, 3.05) is 6.79 Å². The maximum Gasteiger partial charge on any atom is 0.355 e. The molecule has 1 aromatic heterocycles. The highest BCUT2D eigenvalue weighted by Crippen LogP contribution is 2.32. The zero-order valence-electron chi connectivity index (χ0n) is 13.4. The number of nitrogens with zero attached hydrogens (tertiary/aromatic N) is 1. The molecule has 1 atom stereocenters. The normalized spacial score (nSPS) is 13.4. The molecule has 2 heterocycles. The lowest BCUT2D eigenvalue weighted by Gasteiger charge is -2.14. The summed E-state index contributed by atoms with van der Waals surface area (Å²) in [6.07, 6.45) is 0.849. The Morgan fingerprint density at radius 1 is 1.29 bits per heavy atom. The van der Waals surface area contributed by atoms with E-state index >= 15 is 0 Å². The van der Waals surface area contributed by atoms with Crippen LogP contribution in [0.2, 0.25) is 0 Å². The number of rotatable bonds is 5. The molecule has 0 fully saturated rings. The number of amides is 1. The Morgan fingerprint density at radius 2 is 2.08 bits per heavy atom. The van der Waals surface area contributed by atoms with Gasteiger partial charge in [0.2, 0.25) is 6.79 Å². The smallest absolute Gasteiger partial charge is 0.355 e. The summed E-state index contributed by atoms with van der Waals surface area (Å²) in [4.78, 5) is 24.1. The number of hydrogen-bond acceptors (Lipinski definition) is 5. The molecule has 24 heavy (non-hydrogen) atoms. The van der Waals surface area contributed by atoms with Gasteiger partial charge in [0.05, 0.1) is 0 Å². The molecular weight excluding hydrogens is 312 g/mol. The van der Waals surface area contributed by atoms with E-state index in [9.17, 15) is 9.59 Å². The van der Waals surface area contributed by atoms with E-state index in [1.807, 2.05) is 12.1 Å². The molecule has 1 aliphatic rings. The van der Waals surface area contributed by atoms with E-state index in [-0.39, 0.29) is 12.7 Å². The molecule has 3 rings (SSSR count). The highest BCUT2D eigenvalue weighted by molar-refractivity contribution is 5.90. The topological polar surface area (TPSA) is 78.8 Å². The molecule has 126 valence electrons. The summed E-state index contributed by atoms with van der Waals surface area (Å²) in [5.41, 5.74) is 1.26. The van der Waals surface area contributed by atoms with E-state index in [4.69, 9.17) is 14.2 Å². The van der Waals surface area contributed by atoms with Crippen molar-refractivity contribution in [3.63, 3.8) is 0 Å². The zero-order valence-corrected chi connectivity index (χ0v) is 13.4. The minimum atomic E-state index is -0.888. The molecule has 0 bridgehead atoms. The number of carbonyl (C=O) groups is 2. The summed E-state index contributed by atoms with van der Waals surface area (Å²) in [6.45, 7) is 2.05. The van der Waals surface area contributed by atoms with Crippen LogP contribution in [0.25, 0.3) is 0 Å². The van der Waals surface area contributed by atoms with Crippen molar-refractivity contribution in [1.82, 2.24) is 9.88 Å². The van der Waals surface area contributed by atoms with Crippen LogP contribution in [0.4, 0.5) is 0 Å². The molecule has 0 saturated carbocycles. The Labute approximate surface area is 139 Å². The van der Waals surface area contributed by atoms with Gasteiger partial charge in [-0.3, -0.25) is 4.79 Å². The highest BCUT2D eigenvalue weighted by atomic mass is 16.7. The molecule has 0 radical (unpaired) electrons. The van der Waals surface area contributed by atoms with Crippen LogP contribution in [0.15, 0.2) is 36.5 Å². The van der Waals surface area contributed by atoms with Gasteiger partial charge < -0.3 is 24.1 Å². The molecule has 1 aromatic carbocycles. The third-order valence-corrected chi connectivity index (χ3v) is 3.71. The standard InChI is InChI=1S/C17H18N2O5/c1-11(24-17(21)13-4-3-7-19(13)2)16(20)18-9-12-5-6-14-15(8-12)23-10-22-14/h3-8,11H,9-10H2,1-2H3,(H,18,20)/t11-/m1/s1. The van der Waals surface area contributed by atoms with Crippen molar-refractivity contribution < 1.29 is 23.8 Å². The van der Waals surface area contributed by atoms with Crippen LogP contribution < -0.4 is 14.8 Å². The number of hydrogen-bond donors (Lipinski definition) is 1. The molecule has 0 saturated heterocycles. The van der Waals surface area contributed by atoms with E-state index in [0.717, 1.165) is 5.56 Å². The molecule has 1 N–H and O–H groups in total. The maximum atomic E-state index is 12.1. The van der Waals surface area contributed by atoms with Crippen LogP contribution in [0, 0.1) is 0 Å². The van der Waals surface area contributed by atoms with Crippen LogP contribution >= 0.6 is 0 Å². The number of fused-ring (bicyclic) bond motifs is 1. The first-order valence-corrected chi connectivity index (χ1v) is 7.53. The van der Waals surface area contributed by atoms with Gasteiger partial charge in [-0.2, -0.15) is 0 Å². The lowest BCUT2D eigenvalue weighted by molar-refractivity contribution is -0.129. The monoisotopic (exact) mass is 330 g/mol. The predicted octanol–water partition coefficient (Wildman–Crippen LogP) is 1.62. The molecule has 0 spiro atoms. The van der Waals surface area contributed by atoms with Gasteiger partial charge in [0.25, 0.3) is 5.91 Å². The van der Waals surface area contributed by atoms with Gasteiger partial charge in [0, 0.05) is 19.8 Å². The first-order chi connectivity index (χ1) is 11.5. The fourth-order valence-corrected chi connectivity index (χ4v) is 2.33. The van der Waals surface area contributed by atoms with Gasteiger partial charge in [0.15, 0.2) is 17.6 Å². The lowest BCUT2D eigenvalue weighted by Crippen LogP contribution is -2.35. The zero-order chi connectivity index (χ0) is 17.1. The summed E-state index contributed by atoms with van der Waals surface area (Å²) in [7, 11) is 1.74. The van der Waals surface area contributed by atoms with Crippen molar-refractivity contribution in [3.05, 3.63) is 47.8 Å². The van der Waals surface area contributed by atoms with E-state index in [1.165, 1.54) is 6.92 Å². The molecule has 7 heteroatoms. The van der Waals surface area contributed by atoms with E-state index in [0.29, 0.717) is 23.7 Å². The van der Waals surface area contributed by atoms with Gasteiger partial charge in [-0.1, -0.05) is 6.07 Å². The van der Waals surface area contributed by atoms with Crippen molar-refractivity contribution in [3.8, 4) is 11.5 Å². The summed E-state index contributed by atoms with van der Waals surface area (Å²) in [5, 5.41) is 2.74. The largest absolute Gasteiger partial charge is 0.454 e. The SMILES string of the molecule is C[C@@H](OC(=O)c1cccn1C)C(=O)NCc1ccc2c(c1)OCO2. The maximum absolute atomic E-state index is 12.1. The number of ether oxygens (including phenoxy) is 3. The number of aryl methyl sites for hydroxylation is 1. The Morgan fingerprint density at radius 3 is 2.83 bits per heavy atom. The minimum absolute atomic E-state index is 0.206. The van der Waals surface area contributed by atoms with Gasteiger partial charge in [-0.15, -0.1) is 0 Å². The third kappa shape index (κ3) is 3.34. The fourth-order valence-electron chi connectivity index (χ4n) is 2.33. The van der Waals surface area contributed by atoms with Gasteiger partial charge >= 0.3 is 5.97 Å². The molecule has 1 amide bonds. The Kier molecular flexibility index (Phi) is 4.41. The molecular formula is C17H18N2O5. The Hall–Kier alpha value is -2.96.